The number of nitrogens with one attached hydrogen (secondary N) is 1. The fourth-order valence-electron chi connectivity index (χ4n) is 3.38. The van der Waals surface area contributed by atoms with E-state index in [0.29, 0.717) is 12.8 Å². The van der Waals surface area contributed by atoms with Gasteiger partial charge in [0.15, 0.2) is 5.65 Å². The first kappa shape index (κ1) is 17.4. The topological polar surface area (TPSA) is 79.6 Å². The van der Waals surface area contributed by atoms with Crippen LogP contribution in [-0.2, 0) is 16.0 Å². The normalized spacial score (nSPS) is 14.3. The van der Waals surface area contributed by atoms with Crippen molar-refractivity contribution in [1.29, 1.82) is 0 Å². The summed E-state index contributed by atoms with van der Waals surface area (Å²) in [7, 11) is 0. The Hall–Kier alpha value is -2.44. The maximum absolute atomic E-state index is 12.1. The zero-order chi connectivity index (χ0) is 18.0. The van der Waals surface area contributed by atoms with Crippen LogP contribution in [-0.4, -0.2) is 50.9 Å². The first-order valence-electron chi connectivity index (χ1n) is 8.82. The Balaban J connectivity index is 1.58. The van der Waals surface area contributed by atoms with E-state index in [1.54, 1.807) is 0 Å². The predicted octanol–water partition coefficient (Wildman–Crippen LogP) is 1.33. The molecule has 0 spiro atoms. The minimum absolute atomic E-state index is 0.00770. The fourth-order valence-corrected chi connectivity index (χ4v) is 3.38. The molecule has 1 fully saturated rings. The molecule has 3 heterocycles. The number of amides is 2. The van der Waals surface area contributed by atoms with Crippen molar-refractivity contribution < 1.29 is 9.59 Å². The first-order chi connectivity index (χ1) is 12.0. The van der Waals surface area contributed by atoms with Crippen molar-refractivity contribution in [3.63, 3.8) is 0 Å². The Labute approximate surface area is 147 Å². The Morgan fingerprint density at radius 2 is 1.92 bits per heavy atom. The van der Waals surface area contributed by atoms with Crippen LogP contribution < -0.4 is 5.32 Å². The zero-order valence-electron chi connectivity index (χ0n) is 15.1. The highest BCUT2D eigenvalue weighted by Crippen LogP contribution is 2.17. The van der Waals surface area contributed by atoms with E-state index in [1.165, 1.54) is 0 Å². The van der Waals surface area contributed by atoms with Crippen LogP contribution in [0.5, 0.6) is 0 Å². The van der Waals surface area contributed by atoms with Gasteiger partial charge in [0.1, 0.15) is 0 Å². The molecule has 1 saturated heterocycles. The minimum atomic E-state index is -0.108. The molecule has 0 unspecified atom stereocenters. The molecular weight excluding hydrogens is 318 g/mol. The van der Waals surface area contributed by atoms with Crippen LogP contribution in [0.4, 0.5) is 0 Å². The second-order valence-electron chi connectivity index (χ2n) is 6.68. The van der Waals surface area contributed by atoms with Crippen LogP contribution in [0.15, 0.2) is 6.07 Å². The summed E-state index contributed by atoms with van der Waals surface area (Å²) in [6.07, 6.45) is 3.03. The van der Waals surface area contributed by atoms with E-state index in [2.05, 4.69) is 15.4 Å². The Bertz CT molecular complexity index is 805. The number of fused-ring (bicyclic) bond motifs is 1. The molecule has 3 rings (SSSR count). The quantitative estimate of drug-likeness (QED) is 0.888. The smallest absolute Gasteiger partial charge is 0.241 e. The SMILES string of the molecule is Cc1cc2nc(C)c(CCC(=O)NCC(=O)N3CCCC3)c(C)n2n1. The molecule has 0 aliphatic carbocycles. The molecule has 2 aromatic heterocycles. The zero-order valence-corrected chi connectivity index (χ0v) is 15.1. The van der Waals surface area contributed by atoms with Gasteiger partial charge in [0, 0.05) is 37.0 Å². The van der Waals surface area contributed by atoms with E-state index in [-0.39, 0.29) is 18.4 Å². The average molecular weight is 343 g/mol. The summed E-state index contributed by atoms with van der Waals surface area (Å²) in [5, 5.41) is 7.19. The molecule has 0 aromatic carbocycles. The highest BCUT2D eigenvalue weighted by Gasteiger charge is 2.18. The van der Waals surface area contributed by atoms with E-state index in [1.807, 2.05) is 36.3 Å². The van der Waals surface area contributed by atoms with Gasteiger partial charge in [0.25, 0.3) is 0 Å². The van der Waals surface area contributed by atoms with Crippen molar-refractivity contribution >= 4 is 17.5 Å². The van der Waals surface area contributed by atoms with Gasteiger partial charge < -0.3 is 10.2 Å². The van der Waals surface area contributed by atoms with Crippen molar-refractivity contribution in [1.82, 2.24) is 24.8 Å². The predicted molar refractivity (Wildman–Crippen MR) is 94.3 cm³/mol. The van der Waals surface area contributed by atoms with Gasteiger partial charge in [-0.1, -0.05) is 0 Å². The standard InChI is InChI=1S/C18H25N5O2/c1-12-10-16-20-13(2)15(14(3)23(16)21-12)6-7-17(24)19-11-18(25)22-8-4-5-9-22/h10H,4-9,11H2,1-3H3,(H,19,24). The molecule has 0 bridgehead atoms. The lowest BCUT2D eigenvalue weighted by molar-refractivity contribution is -0.132. The average Bonchev–Trinajstić information content (AvgIpc) is 3.21. The van der Waals surface area contributed by atoms with E-state index < -0.39 is 0 Å². The van der Waals surface area contributed by atoms with Gasteiger partial charge >= 0.3 is 0 Å². The molecule has 0 atom stereocenters. The first-order valence-corrected chi connectivity index (χ1v) is 8.82. The lowest BCUT2D eigenvalue weighted by atomic mass is 10.1. The van der Waals surface area contributed by atoms with Crippen molar-refractivity contribution in [2.24, 2.45) is 0 Å². The van der Waals surface area contributed by atoms with Crippen LogP contribution in [0, 0.1) is 20.8 Å². The van der Waals surface area contributed by atoms with Crippen LogP contribution in [0.2, 0.25) is 0 Å². The molecule has 1 aliphatic rings. The van der Waals surface area contributed by atoms with E-state index in [9.17, 15) is 9.59 Å². The van der Waals surface area contributed by atoms with Gasteiger partial charge in [0.2, 0.25) is 11.8 Å². The maximum atomic E-state index is 12.1. The lowest BCUT2D eigenvalue weighted by Gasteiger charge is -2.15. The molecule has 7 nitrogen and oxygen atoms in total. The third-order valence-electron chi connectivity index (χ3n) is 4.78. The van der Waals surface area contributed by atoms with Crippen molar-refractivity contribution in [3.05, 3.63) is 28.7 Å². The minimum Gasteiger partial charge on any atom is -0.347 e. The summed E-state index contributed by atoms with van der Waals surface area (Å²) in [5.41, 5.74) is 4.72. The summed E-state index contributed by atoms with van der Waals surface area (Å²) in [4.78, 5) is 30.5. The monoisotopic (exact) mass is 343 g/mol. The van der Waals surface area contributed by atoms with Crippen LogP contribution in [0.1, 0.15) is 41.9 Å². The number of hydrogen-bond donors (Lipinski definition) is 1. The second-order valence-corrected chi connectivity index (χ2v) is 6.68. The summed E-state index contributed by atoms with van der Waals surface area (Å²) < 4.78 is 1.83. The molecular formula is C18H25N5O2. The van der Waals surface area contributed by atoms with E-state index in [4.69, 9.17) is 0 Å². The number of aryl methyl sites for hydroxylation is 3. The van der Waals surface area contributed by atoms with Crippen LogP contribution >= 0.6 is 0 Å². The van der Waals surface area contributed by atoms with Gasteiger partial charge in [-0.25, -0.2) is 9.50 Å². The summed E-state index contributed by atoms with van der Waals surface area (Å²) in [5.74, 6) is -0.101. The number of rotatable bonds is 5. The second kappa shape index (κ2) is 7.21. The molecule has 2 amide bonds. The number of carbonyl (C=O) groups is 2. The Morgan fingerprint density at radius 3 is 2.64 bits per heavy atom. The highest BCUT2D eigenvalue weighted by atomic mass is 16.2. The molecule has 2 aromatic rings. The van der Waals surface area contributed by atoms with Gasteiger partial charge in [-0.3, -0.25) is 9.59 Å². The number of nitrogens with zero attached hydrogens (tertiary/aromatic N) is 4. The summed E-state index contributed by atoms with van der Waals surface area (Å²) in [6.45, 7) is 7.60. The molecule has 0 saturated carbocycles. The third kappa shape index (κ3) is 3.81. The largest absolute Gasteiger partial charge is 0.347 e. The highest BCUT2D eigenvalue weighted by molar-refractivity contribution is 5.84. The van der Waals surface area contributed by atoms with Gasteiger partial charge in [-0.2, -0.15) is 5.10 Å². The number of carbonyl (C=O) groups excluding carboxylic acids is 2. The Morgan fingerprint density at radius 1 is 1.20 bits per heavy atom. The number of hydrogen-bond acceptors (Lipinski definition) is 4. The fraction of sp³-hybridized carbons (Fsp3) is 0.556. The number of likely N-dealkylation sites (tertiary alicyclic amines) is 1. The van der Waals surface area contributed by atoms with Crippen LogP contribution in [0.25, 0.3) is 5.65 Å². The van der Waals surface area contributed by atoms with Gasteiger partial charge in [-0.15, -0.1) is 0 Å². The Kier molecular flexibility index (Phi) is 5.01. The number of aromatic nitrogens is 3. The molecule has 7 heteroatoms. The van der Waals surface area contributed by atoms with Gasteiger partial charge in [-0.05, 0) is 45.6 Å². The summed E-state index contributed by atoms with van der Waals surface area (Å²) in [6, 6.07) is 1.94. The van der Waals surface area contributed by atoms with E-state index >= 15 is 0 Å². The molecule has 1 aliphatic heterocycles. The van der Waals surface area contributed by atoms with Crippen molar-refractivity contribution in [2.75, 3.05) is 19.6 Å². The van der Waals surface area contributed by atoms with Crippen molar-refractivity contribution in [2.45, 2.75) is 46.5 Å². The van der Waals surface area contributed by atoms with Gasteiger partial charge in [0.05, 0.1) is 12.2 Å². The van der Waals surface area contributed by atoms with E-state index in [0.717, 1.165) is 54.2 Å². The molecule has 134 valence electrons. The lowest BCUT2D eigenvalue weighted by Crippen LogP contribution is -2.38. The maximum Gasteiger partial charge on any atom is 0.241 e. The third-order valence-corrected chi connectivity index (χ3v) is 4.78. The van der Waals surface area contributed by atoms with Crippen LogP contribution in [0.3, 0.4) is 0 Å². The molecule has 1 N–H and O–H groups in total. The van der Waals surface area contributed by atoms with Crippen molar-refractivity contribution in [3.8, 4) is 0 Å². The molecule has 0 radical (unpaired) electrons. The molecule has 25 heavy (non-hydrogen) atoms. The summed E-state index contributed by atoms with van der Waals surface area (Å²) >= 11 is 0.